The van der Waals surface area contributed by atoms with Gasteiger partial charge in [-0.1, -0.05) is 18.2 Å². The monoisotopic (exact) mass is 563 g/mol. The normalized spacial score (nSPS) is 13.0. The molecule has 1 heterocycles. The smallest absolute Gasteiger partial charge is 0.416 e. The van der Waals surface area contributed by atoms with Crippen molar-refractivity contribution in [3.63, 3.8) is 0 Å². The molecule has 3 aromatic carbocycles. The highest BCUT2D eigenvalue weighted by molar-refractivity contribution is 5.97. The zero-order valence-electron chi connectivity index (χ0n) is 23.0. The predicted molar refractivity (Wildman–Crippen MR) is 151 cm³/mol. The number of alkyl halides is 3. The van der Waals surface area contributed by atoms with Gasteiger partial charge in [-0.3, -0.25) is 4.57 Å². The number of carbonyl (C=O) groups is 1. The number of para-hydroxylation sites is 1. The van der Waals surface area contributed by atoms with Gasteiger partial charge in [0, 0.05) is 16.6 Å². The molecule has 0 atom stereocenters. The predicted octanol–water partition coefficient (Wildman–Crippen LogP) is 8.84. The van der Waals surface area contributed by atoms with Crippen LogP contribution in [0.25, 0.3) is 22.2 Å². The van der Waals surface area contributed by atoms with Crippen molar-refractivity contribution in [1.29, 1.82) is 0 Å². The number of phenolic OH excluding ortho intramolecular Hbond substituents is 1. The lowest BCUT2D eigenvalue weighted by Crippen LogP contribution is -2.05. The molecular weight excluding hydrogens is 535 g/mol. The number of carboxylic acid groups (broad SMARTS) is 1. The Kier molecular flexibility index (Phi) is 7.78. The molecule has 0 fully saturated rings. The lowest BCUT2D eigenvalue weighted by atomic mass is 10.0. The van der Waals surface area contributed by atoms with Gasteiger partial charge in [0.2, 0.25) is 5.88 Å². The van der Waals surface area contributed by atoms with E-state index < -0.39 is 23.6 Å². The molecule has 1 aromatic heterocycles. The molecule has 0 amide bonds. The number of fused-ring (bicyclic) bond motifs is 1. The van der Waals surface area contributed by atoms with Crippen LogP contribution in [-0.4, -0.2) is 25.9 Å². The van der Waals surface area contributed by atoms with Gasteiger partial charge in [-0.05, 0) is 99.4 Å². The van der Waals surface area contributed by atoms with E-state index in [0.717, 1.165) is 28.8 Å². The molecule has 0 radical (unpaired) electrons. The van der Waals surface area contributed by atoms with Gasteiger partial charge in [0.05, 0.1) is 16.7 Å². The average molecular weight is 564 g/mol. The van der Waals surface area contributed by atoms with E-state index in [-0.39, 0.29) is 33.6 Å². The molecule has 0 spiro atoms. The minimum absolute atomic E-state index is 0.0156. The number of halogens is 3. The van der Waals surface area contributed by atoms with E-state index in [1.165, 1.54) is 28.9 Å². The molecule has 0 unspecified atom stereocenters. The highest BCUT2D eigenvalue weighted by Gasteiger charge is 2.32. The fourth-order valence-corrected chi connectivity index (χ4v) is 4.55. The summed E-state index contributed by atoms with van der Waals surface area (Å²) in [5, 5.41) is 40.0. The van der Waals surface area contributed by atoms with E-state index in [2.05, 4.69) is 10.2 Å². The van der Waals surface area contributed by atoms with Crippen LogP contribution in [0.2, 0.25) is 0 Å². The maximum Gasteiger partial charge on any atom is 0.416 e. The van der Waals surface area contributed by atoms with Gasteiger partial charge < -0.3 is 15.3 Å². The first-order valence-corrected chi connectivity index (χ1v) is 12.6. The first kappa shape index (κ1) is 29.1. The Morgan fingerprint density at radius 3 is 2.22 bits per heavy atom. The number of phenols is 1. The van der Waals surface area contributed by atoms with Crippen LogP contribution in [0.3, 0.4) is 0 Å². The average Bonchev–Trinajstić information content (AvgIpc) is 3.18. The third kappa shape index (κ3) is 5.58. The largest absolute Gasteiger partial charge is 0.505 e. The summed E-state index contributed by atoms with van der Waals surface area (Å²) < 4.78 is 42.2. The van der Waals surface area contributed by atoms with Gasteiger partial charge in [0.25, 0.3) is 0 Å². The molecular formula is C31H28F3N3O4. The Balaban J connectivity index is 1.90. The van der Waals surface area contributed by atoms with E-state index in [1.54, 1.807) is 38.1 Å². The molecule has 0 saturated carbocycles. The third-order valence-corrected chi connectivity index (χ3v) is 7.04. The fourth-order valence-electron chi connectivity index (χ4n) is 4.55. The Morgan fingerprint density at radius 2 is 1.63 bits per heavy atom. The van der Waals surface area contributed by atoms with Crippen LogP contribution in [0.15, 0.2) is 76.5 Å². The van der Waals surface area contributed by atoms with E-state index in [1.807, 2.05) is 20.8 Å². The van der Waals surface area contributed by atoms with Crippen molar-refractivity contribution in [3.05, 3.63) is 94.1 Å². The topological polar surface area (TPSA) is 107 Å². The van der Waals surface area contributed by atoms with Gasteiger partial charge in [-0.2, -0.15) is 13.2 Å². The number of azo groups is 1. The first-order chi connectivity index (χ1) is 19.2. The zero-order valence-corrected chi connectivity index (χ0v) is 23.0. The number of hydrogen-bond acceptors (Lipinski definition) is 5. The van der Waals surface area contributed by atoms with Crippen molar-refractivity contribution in [2.45, 2.75) is 40.8 Å². The molecule has 7 nitrogen and oxygen atoms in total. The number of benzene rings is 3. The van der Waals surface area contributed by atoms with Crippen LogP contribution in [0.1, 0.15) is 41.7 Å². The minimum atomic E-state index is -4.61. The fraction of sp³-hybridized carbons (Fsp3) is 0.194. The molecule has 212 valence electrons. The molecule has 0 bridgehead atoms. The van der Waals surface area contributed by atoms with Gasteiger partial charge in [-0.15, -0.1) is 10.2 Å². The standard InChI is InChI=1S/C31H28F3N3O4/c1-6-20(30(40)41)12-18(4)23-8-7-9-25(28(23)38)35-36-27-24-11-10-21(31(32,33)34)15-26(24)37(29(27)39)22-13-16(2)19(5)17(3)14-22/h6-15,38-39H,1-5H3,(H,40,41)/b18-12+,20-6+,36-35?. The zero-order chi connectivity index (χ0) is 30.2. The molecule has 41 heavy (non-hydrogen) atoms. The van der Waals surface area contributed by atoms with Crippen molar-refractivity contribution in [2.75, 3.05) is 0 Å². The second-order valence-electron chi connectivity index (χ2n) is 9.69. The minimum Gasteiger partial charge on any atom is -0.505 e. The van der Waals surface area contributed by atoms with E-state index in [4.69, 9.17) is 0 Å². The number of aliphatic carboxylic acids is 1. The molecule has 4 rings (SSSR count). The summed E-state index contributed by atoms with van der Waals surface area (Å²) >= 11 is 0. The molecule has 0 aliphatic heterocycles. The van der Waals surface area contributed by atoms with Crippen LogP contribution in [-0.2, 0) is 11.0 Å². The van der Waals surface area contributed by atoms with E-state index >= 15 is 0 Å². The number of aryl methyl sites for hydroxylation is 2. The van der Waals surface area contributed by atoms with Crippen LogP contribution < -0.4 is 0 Å². The first-order valence-electron chi connectivity index (χ1n) is 12.6. The lowest BCUT2D eigenvalue weighted by molar-refractivity contribution is -0.137. The number of aromatic hydroxyl groups is 2. The maximum atomic E-state index is 13.6. The summed E-state index contributed by atoms with van der Waals surface area (Å²) in [6, 6.07) is 11.3. The highest BCUT2D eigenvalue weighted by atomic mass is 19.4. The summed E-state index contributed by atoms with van der Waals surface area (Å²) in [5.41, 5.74) is 3.20. The number of hydrogen-bond donors (Lipinski definition) is 3. The van der Waals surface area contributed by atoms with Crippen molar-refractivity contribution in [3.8, 4) is 17.3 Å². The molecule has 0 aliphatic carbocycles. The van der Waals surface area contributed by atoms with Crippen molar-refractivity contribution in [2.24, 2.45) is 10.2 Å². The highest BCUT2D eigenvalue weighted by Crippen LogP contribution is 2.45. The van der Waals surface area contributed by atoms with E-state index in [9.17, 15) is 33.3 Å². The second kappa shape index (κ2) is 11.0. The summed E-state index contributed by atoms with van der Waals surface area (Å²) in [5.74, 6) is -1.82. The van der Waals surface area contributed by atoms with Crippen LogP contribution >= 0.6 is 0 Å². The van der Waals surface area contributed by atoms with Crippen molar-refractivity contribution >= 4 is 33.8 Å². The number of carboxylic acids is 1. The summed E-state index contributed by atoms with van der Waals surface area (Å²) in [4.78, 5) is 11.4. The molecule has 0 saturated heterocycles. The summed E-state index contributed by atoms with van der Waals surface area (Å²) in [7, 11) is 0. The van der Waals surface area contributed by atoms with Gasteiger partial charge >= 0.3 is 12.1 Å². The Labute approximate surface area is 234 Å². The van der Waals surface area contributed by atoms with Gasteiger partial charge in [0.15, 0.2) is 11.4 Å². The van der Waals surface area contributed by atoms with Gasteiger partial charge in [-0.25, -0.2) is 4.79 Å². The molecule has 4 aromatic rings. The van der Waals surface area contributed by atoms with Gasteiger partial charge in [0.1, 0.15) is 5.69 Å². The quantitative estimate of drug-likeness (QED) is 0.124. The Morgan fingerprint density at radius 1 is 0.976 bits per heavy atom. The third-order valence-electron chi connectivity index (χ3n) is 7.04. The maximum absolute atomic E-state index is 13.6. The second-order valence-corrected chi connectivity index (χ2v) is 9.69. The number of nitrogens with zero attached hydrogens (tertiary/aromatic N) is 3. The van der Waals surface area contributed by atoms with Crippen LogP contribution in [0.5, 0.6) is 11.6 Å². The molecule has 10 heteroatoms. The number of aromatic nitrogens is 1. The molecule has 0 aliphatic rings. The summed E-state index contributed by atoms with van der Waals surface area (Å²) in [6.45, 7) is 8.89. The van der Waals surface area contributed by atoms with E-state index in [0.29, 0.717) is 16.8 Å². The SMILES string of the molecule is C/C=C(\C=C(/C)c1cccc(N=Nc2c(O)n(-c3cc(C)c(C)c(C)c3)c3cc(C(F)(F)F)ccc23)c1O)C(=O)O. The Hall–Kier alpha value is -4.86. The lowest BCUT2D eigenvalue weighted by Gasteiger charge is -2.13. The van der Waals surface area contributed by atoms with Crippen LogP contribution in [0, 0.1) is 20.8 Å². The Bertz CT molecular complexity index is 1760. The van der Waals surface area contributed by atoms with Crippen LogP contribution in [0.4, 0.5) is 24.5 Å². The number of allylic oxidation sites excluding steroid dienone is 2. The molecule has 3 N–H and O–H groups in total. The van der Waals surface area contributed by atoms with Crippen molar-refractivity contribution in [1.82, 2.24) is 4.57 Å². The number of rotatable bonds is 6. The van der Waals surface area contributed by atoms with Crippen molar-refractivity contribution < 1.29 is 33.3 Å². The summed E-state index contributed by atoms with van der Waals surface area (Å²) in [6.07, 6.45) is -1.78.